The van der Waals surface area contributed by atoms with Gasteiger partial charge < -0.3 is 4.74 Å². The van der Waals surface area contributed by atoms with Gasteiger partial charge in [-0.05, 0) is 49.2 Å². The molecule has 0 radical (unpaired) electrons. The minimum atomic E-state index is -1.29. The first kappa shape index (κ1) is 23.3. The minimum Gasteiger partial charge on any atom is -0.494 e. The number of ether oxygens (including phenoxy) is 1. The number of alkyl halides is 1. The maximum Gasteiger partial charge on any atom is 0.219 e. The number of aromatic nitrogens is 1. The molecule has 2 aromatic rings. The second-order valence-corrected chi connectivity index (χ2v) is 7.68. The van der Waals surface area contributed by atoms with Gasteiger partial charge in [0.1, 0.15) is 11.9 Å². The molecule has 0 aliphatic carbocycles. The Labute approximate surface area is 174 Å². The van der Waals surface area contributed by atoms with Gasteiger partial charge in [0.25, 0.3) is 0 Å². The van der Waals surface area contributed by atoms with E-state index in [1.54, 1.807) is 6.07 Å². The Morgan fingerprint density at radius 2 is 1.48 bits per heavy atom. The van der Waals surface area contributed by atoms with Crippen LogP contribution in [0.4, 0.5) is 8.78 Å². The Hall–Kier alpha value is -1.97. The van der Waals surface area contributed by atoms with E-state index in [1.165, 1.54) is 31.7 Å². The molecule has 2 nitrogen and oxygen atoms in total. The summed E-state index contributed by atoms with van der Waals surface area (Å²) in [7, 11) is 0. The first-order valence-corrected chi connectivity index (χ1v) is 11.2. The van der Waals surface area contributed by atoms with Crippen LogP contribution in [-0.2, 0) is 0 Å². The second-order valence-electron chi connectivity index (χ2n) is 7.68. The van der Waals surface area contributed by atoms with Crippen LogP contribution < -0.4 is 4.74 Å². The van der Waals surface area contributed by atoms with Crippen molar-refractivity contribution in [2.45, 2.75) is 84.2 Å². The number of pyridine rings is 1. The third kappa shape index (κ3) is 8.12. The normalized spacial score (nSPS) is 12.1. The molecule has 4 heteroatoms. The first-order valence-electron chi connectivity index (χ1n) is 11.2. The topological polar surface area (TPSA) is 22.1 Å². The number of rotatable bonds is 14. The van der Waals surface area contributed by atoms with Gasteiger partial charge in [-0.15, -0.1) is 0 Å². The van der Waals surface area contributed by atoms with Crippen molar-refractivity contribution < 1.29 is 13.5 Å². The Morgan fingerprint density at radius 1 is 0.828 bits per heavy atom. The second kappa shape index (κ2) is 13.3. The molecule has 29 heavy (non-hydrogen) atoms. The molecule has 0 saturated carbocycles. The summed E-state index contributed by atoms with van der Waals surface area (Å²) in [4.78, 5) is 4.00. The van der Waals surface area contributed by atoms with Gasteiger partial charge in [-0.25, -0.2) is 9.37 Å². The summed E-state index contributed by atoms with van der Waals surface area (Å²) in [6.45, 7) is 5.04. The van der Waals surface area contributed by atoms with E-state index >= 15 is 0 Å². The fourth-order valence-electron chi connectivity index (χ4n) is 3.36. The summed E-state index contributed by atoms with van der Waals surface area (Å²) in [5.41, 5.74) is 1.37. The lowest BCUT2D eigenvalue weighted by atomic mass is 10.0. The van der Waals surface area contributed by atoms with Crippen LogP contribution in [0, 0.1) is 5.95 Å². The number of benzene rings is 1. The van der Waals surface area contributed by atoms with Crippen LogP contribution in [0.3, 0.4) is 0 Å². The summed E-state index contributed by atoms with van der Waals surface area (Å²) in [5.74, 6) is 0.0917. The monoisotopic (exact) mass is 403 g/mol. The third-order valence-electron chi connectivity index (χ3n) is 5.19. The highest BCUT2D eigenvalue weighted by Gasteiger charge is 2.16. The SMILES string of the molecule is CCCCCCCC(F)c1ccc(-c2ccc(OCCCCCC)cc2)nc1F. The van der Waals surface area contributed by atoms with Crippen LogP contribution >= 0.6 is 0 Å². The summed E-state index contributed by atoms with van der Waals surface area (Å²) >= 11 is 0. The molecule has 0 aliphatic heterocycles. The van der Waals surface area contributed by atoms with Crippen LogP contribution in [0.1, 0.15) is 89.8 Å². The molecule has 2 rings (SSSR count). The predicted molar refractivity (Wildman–Crippen MR) is 116 cm³/mol. The zero-order chi connectivity index (χ0) is 20.9. The number of halogens is 2. The Balaban J connectivity index is 1.88. The zero-order valence-corrected chi connectivity index (χ0v) is 17.9. The average molecular weight is 404 g/mol. The number of nitrogens with zero attached hydrogens (tertiary/aromatic N) is 1. The van der Waals surface area contributed by atoms with Crippen molar-refractivity contribution in [3.63, 3.8) is 0 Å². The van der Waals surface area contributed by atoms with Crippen molar-refractivity contribution in [2.24, 2.45) is 0 Å². The molecule has 1 aromatic carbocycles. The molecule has 1 heterocycles. The highest BCUT2D eigenvalue weighted by Crippen LogP contribution is 2.28. The molecule has 0 aliphatic rings. The Bertz CT molecular complexity index is 702. The molecule has 1 unspecified atom stereocenters. The molecular formula is C25H35F2NO. The molecule has 1 aromatic heterocycles. The van der Waals surface area contributed by atoms with E-state index in [0.29, 0.717) is 18.7 Å². The van der Waals surface area contributed by atoms with Crippen molar-refractivity contribution in [3.8, 4) is 17.0 Å². The van der Waals surface area contributed by atoms with E-state index in [1.807, 2.05) is 24.3 Å². The van der Waals surface area contributed by atoms with Gasteiger partial charge in [0.2, 0.25) is 5.95 Å². The smallest absolute Gasteiger partial charge is 0.219 e. The van der Waals surface area contributed by atoms with Gasteiger partial charge >= 0.3 is 0 Å². The van der Waals surface area contributed by atoms with Crippen LogP contribution in [0.5, 0.6) is 5.75 Å². The summed E-state index contributed by atoms with van der Waals surface area (Å²) in [6.07, 6.45) is 8.94. The van der Waals surface area contributed by atoms with E-state index in [9.17, 15) is 8.78 Å². The Kier molecular flexibility index (Phi) is 10.7. The maximum absolute atomic E-state index is 14.4. The molecule has 0 fully saturated rings. The molecule has 0 amide bonds. The first-order chi connectivity index (χ1) is 14.2. The van der Waals surface area contributed by atoms with Crippen molar-refractivity contribution in [3.05, 3.63) is 47.9 Å². The fourth-order valence-corrected chi connectivity index (χ4v) is 3.36. The highest BCUT2D eigenvalue weighted by atomic mass is 19.1. The number of hydrogen-bond acceptors (Lipinski definition) is 2. The fraction of sp³-hybridized carbons (Fsp3) is 0.560. The lowest BCUT2D eigenvalue weighted by Crippen LogP contribution is -2.00. The van der Waals surface area contributed by atoms with Crippen molar-refractivity contribution in [1.82, 2.24) is 4.98 Å². The lowest BCUT2D eigenvalue weighted by molar-refractivity contribution is 0.301. The largest absolute Gasteiger partial charge is 0.494 e. The van der Waals surface area contributed by atoms with E-state index < -0.39 is 12.1 Å². The zero-order valence-electron chi connectivity index (χ0n) is 17.9. The van der Waals surface area contributed by atoms with E-state index in [-0.39, 0.29) is 5.56 Å². The highest BCUT2D eigenvalue weighted by molar-refractivity contribution is 5.60. The van der Waals surface area contributed by atoms with Gasteiger partial charge in [0.05, 0.1) is 12.3 Å². The minimum absolute atomic E-state index is 0.0660. The molecule has 0 bridgehead atoms. The van der Waals surface area contributed by atoms with Gasteiger partial charge in [-0.1, -0.05) is 65.2 Å². The van der Waals surface area contributed by atoms with Crippen LogP contribution in [-0.4, -0.2) is 11.6 Å². The summed E-state index contributed by atoms with van der Waals surface area (Å²) in [6, 6.07) is 10.7. The van der Waals surface area contributed by atoms with E-state index in [2.05, 4.69) is 18.8 Å². The van der Waals surface area contributed by atoms with E-state index in [4.69, 9.17) is 4.74 Å². The average Bonchev–Trinajstić information content (AvgIpc) is 2.73. The van der Waals surface area contributed by atoms with Gasteiger partial charge in [0, 0.05) is 11.1 Å². The predicted octanol–water partition coefficient (Wildman–Crippen LogP) is 8.22. The van der Waals surface area contributed by atoms with Crippen LogP contribution in [0.25, 0.3) is 11.3 Å². The molecule has 0 spiro atoms. The van der Waals surface area contributed by atoms with Crippen molar-refractivity contribution in [1.29, 1.82) is 0 Å². The molecule has 0 saturated heterocycles. The van der Waals surface area contributed by atoms with Crippen LogP contribution in [0.15, 0.2) is 36.4 Å². The lowest BCUT2D eigenvalue weighted by Gasteiger charge is -2.11. The third-order valence-corrected chi connectivity index (χ3v) is 5.19. The standard InChI is InChI=1S/C25H35F2NO/c1-3-5-7-9-10-12-23(26)22-17-18-24(28-25(22)27)20-13-15-21(16-14-20)29-19-11-8-6-4-2/h13-18,23H,3-12,19H2,1-2H3. The van der Waals surface area contributed by atoms with Crippen molar-refractivity contribution >= 4 is 0 Å². The van der Waals surface area contributed by atoms with Gasteiger partial charge in [-0.3, -0.25) is 0 Å². The number of unbranched alkanes of at least 4 members (excludes halogenated alkanes) is 7. The van der Waals surface area contributed by atoms with Crippen molar-refractivity contribution in [2.75, 3.05) is 6.61 Å². The maximum atomic E-state index is 14.4. The van der Waals surface area contributed by atoms with Gasteiger partial charge in [-0.2, -0.15) is 4.39 Å². The van der Waals surface area contributed by atoms with Gasteiger partial charge in [0.15, 0.2) is 0 Å². The molecule has 160 valence electrons. The molecule has 1 atom stereocenters. The Morgan fingerprint density at radius 3 is 2.14 bits per heavy atom. The summed E-state index contributed by atoms with van der Waals surface area (Å²) in [5, 5.41) is 0. The quantitative estimate of drug-likeness (QED) is 0.234. The molecular weight excluding hydrogens is 368 g/mol. The summed E-state index contributed by atoms with van der Waals surface area (Å²) < 4.78 is 34.5. The molecule has 0 N–H and O–H groups in total. The number of hydrogen-bond donors (Lipinski definition) is 0. The van der Waals surface area contributed by atoms with E-state index in [0.717, 1.165) is 43.4 Å². The van der Waals surface area contributed by atoms with Crippen LogP contribution in [0.2, 0.25) is 0 Å².